The number of aromatic nitrogens is 2. The van der Waals surface area contributed by atoms with E-state index in [1.54, 1.807) is 29.7 Å². The second-order valence-electron chi connectivity index (χ2n) is 7.88. The highest BCUT2D eigenvalue weighted by molar-refractivity contribution is 7.99. The van der Waals surface area contributed by atoms with Gasteiger partial charge >= 0.3 is 0 Å². The quantitative estimate of drug-likeness (QED) is 0.240. The van der Waals surface area contributed by atoms with Crippen LogP contribution in [0.1, 0.15) is 50.9 Å². The van der Waals surface area contributed by atoms with Crippen molar-refractivity contribution >= 4 is 34.8 Å². The Morgan fingerprint density at radius 3 is 2.42 bits per heavy atom. The van der Waals surface area contributed by atoms with Gasteiger partial charge in [-0.05, 0) is 47.2 Å². The van der Waals surface area contributed by atoms with E-state index in [1.165, 1.54) is 17.3 Å². The second-order valence-corrected chi connectivity index (χ2v) is 9.85. The van der Waals surface area contributed by atoms with Crippen LogP contribution in [0.4, 0.5) is 0 Å². The van der Waals surface area contributed by atoms with Crippen molar-refractivity contribution < 1.29 is 9.59 Å². The fourth-order valence-corrected chi connectivity index (χ4v) is 4.83. The van der Waals surface area contributed by atoms with Crippen LogP contribution in [0, 0.1) is 0 Å². The van der Waals surface area contributed by atoms with Gasteiger partial charge in [0.2, 0.25) is 0 Å². The monoisotopic (exact) mass is 475 g/mol. The highest BCUT2D eigenvalue weighted by Crippen LogP contribution is 2.23. The number of ketones is 1. The molecule has 2 heterocycles. The molecule has 0 saturated heterocycles. The van der Waals surface area contributed by atoms with Crippen molar-refractivity contribution in [2.45, 2.75) is 31.5 Å². The molecule has 168 valence electrons. The standard InChI is InChI=1S/C26H25N3O2S2/c1-18(2)19-5-7-20(8-6-19)24(30)17-33-26-27-13-14-29(26)22-11-9-21(10-12-22)25(31)28-16-23-4-3-15-32-23/h3-15,18H,16-17H2,1-2H3,(H,28,31). The lowest BCUT2D eigenvalue weighted by Gasteiger charge is -2.09. The van der Waals surface area contributed by atoms with Crippen LogP contribution in [0.25, 0.3) is 5.69 Å². The Morgan fingerprint density at radius 1 is 1.03 bits per heavy atom. The predicted molar refractivity (Wildman–Crippen MR) is 135 cm³/mol. The summed E-state index contributed by atoms with van der Waals surface area (Å²) in [4.78, 5) is 30.6. The minimum Gasteiger partial charge on any atom is -0.347 e. The van der Waals surface area contributed by atoms with Crippen LogP contribution >= 0.6 is 23.1 Å². The minimum absolute atomic E-state index is 0.0719. The summed E-state index contributed by atoms with van der Waals surface area (Å²) in [5, 5.41) is 5.66. The number of hydrogen-bond acceptors (Lipinski definition) is 5. The van der Waals surface area contributed by atoms with E-state index in [1.807, 2.05) is 64.7 Å². The first-order chi connectivity index (χ1) is 16.0. The smallest absolute Gasteiger partial charge is 0.251 e. The molecule has 0 fully saturated rings. The molecule has 0 aliphatic rings. The number of carbonyl (C=O) groups is 2. The molecule has 1 N–H and O–H groups in total. The molecule has 2 aromatic carbocycles. The molecule has 0 atom stereocenters. The fourth-order valence-electron chi connectivity index (χ4n) is 3.32. The molecule has 33 heavy (non-hydrogen) atoms. The first kappa shape index (κ1) is 23.0. The van der Waals surface area contributed by atoms with Gasteiger partial charge in [-0.25, -0.2) is 4.98 Å². The number of nitrogens with one attached hydrogen (secondary N) is 1. The van der Waals surface area contributed by atoms with Crippen molar-refractivity contribution in [2.75, 3.05) is 5.75 Å². The number of imidazole rings is 1. The molecule has 4 aromatic rings. The number of thiophene rings is 1. The molecule has 1 amide bonds. The van der Waals surface area contributed by atoms with Gasteiger partial charge in [-0.1, -0.05) is 55.9 Å². The van der Waals surface area contributed by atoms with Crippen molar-refractivity contribution in [1.29, 1.82) is 0 Å². The third-order valence-corrected chi connectivity index (χ3v) is 7.09. The summed E-state index contributed by atoms with van der Waals surface area (Å²) < 4.78 is 1.92. The van der Waals surface area contributed by atoms with Gasteiger partial charge in [0.15, 0.2) is 10.9 Å². The molecule has 0 aliphatic carbocycles. The van der Waals surface area contributed by atoms with Crippen molar-refractivity contribution in [1.82, 2.24) is 14.9 Å². The molecule has 2 aromatic heterocycles. The number of thioether (sulfide) groups is 1. The van der Waals surface area contributed by atoms with Crippen molar-refractivity contribution in [2.24, 2.45) is 0 Å². The van der Waals surface area contributed by atoms with Gasteiger partial charge in [-0.2, -0.15) is 0 Å². The fraction of sp³-hybridized carbons (Fsp3) is 0.192. The van der Waals surface area contributed by atoms with E-state index < -0.39 is 0 Å². The van der Waals surface area contributed by atoms with Crippen molar-refractivity contribution in [3.63, 3.8) is 0 Å². The van der Waals surface area contributed by atoms with E-state index in [0.29, 0.717) is 29.3 Å². The molecule has 0 saturated carbocycles. The van der Waals surface area contributed by atoms with Crippen molar-refractivity contribution in [3.8, 4) is 5.69 Å². The normalized spacial score (nSPS) is 11.0. The molecule has 0 spiro atoms. The number of amides is 1. The Balaban J connectivity index is 1.37. The van der Waals surface area contributed by atoms with Crippen molar-refractivity contribution in [3.05, 3.63) is 100 Å². The lowest BCUT2D eigenvalue weighted by molar-refractivity contribution is 0.0950. The number of hydrogen-bond donors (Lipinski definition) is 1. The van der Waals surface area contributed by atoms with Gasteiger partial charge in [0.25, 0.3) is 5.91 Å². The zero-order chi connectivity index (χ0) is 23.2. The summed E-state index contributed by atoms with van der Waals surface area (Å²) in [7, 11) is 0. The first-order valence-electron chi connectivity index (χ1n) is 10.7. The van der Waals surface area contributed by atoms with Gasteiger partial charge in [-0.15, -0.1) is 11.3 Å². The van der Waals surface area contributed by atoms with Gasteiger partial charge in [0.1, 0.15) is 0 Å². The minimum atomic E-state index is -0.107. The third kappa shape index (κ3) is 5.80. The summed E-state index contributed by atoms with van der Waals surface area (Å²) >= 11 is 3.02. The highest BCUT2D eigenvalue weighted by atomic mass is 32.2. The first-order valence-corrected chi connectivity index (χ1v) is 12.6. The molecular weight excluding hydrogens is 450 g/mol. The van der Waals surface area contributed by atoms with E-state index in [4.69, 9.17) is 0 Å². The number of rotatable bonds is 9. The van der Waals surface area contributed by atoms with Crippen LogP contribution in [0.15, 0.2) is 83.6 Å². The summed E-state index contributed by atoms with van der Waals surface area (Å²) in [5.41, 5.74) is 3.42. The molecule has 0 unspecified atom stereocenters. The summed E-state index contributed by atoms with van der Waals surface area (Å²) in [6.07, 6.45) is 3.57. The number of Topliss-reactive ketones (excluding diaryl/α,β-unsaturated/α-hetero) is 1. The molecular formula is C26H25N3O2S2. The summed E-state index contributed by atoms with van der Waals surface area (Å²) in [6, 6.07) is 19.2. The molecule has 4 rings (SSSR count). The molecule has 5 nitrogen and oxygen atoms in total. The van der Waals surface area contributed by atoms with E-state index in [0.717, 1.165) is 15.7 Å². The van der Waals surface area contributed by atoms with Crippen LogP contribution < -0.4 is 5.32 Å². The molecule has 0 aliphatic heterocycles. The van der Waals surface area contributed by atoms with E-state index >= 15 is 0 Å². The van der Waals surface area contributed by atoms with E-state index in [9.17, 15) is 9.59 Å². The maximum atomic E-state index is 12.6. The third-order valence-electron chi connectivity index (χ3n) is 5.25. The SMILES string of the molecule is CC(C)c1ccc(C(=O)CSc2nccn2-c2ccc(C(=O)NCc3cccs3)cc2)cc1. The lowest BCUT2D eigenvalue weighted by Crippen LogP contribution is -2.22. The van der Waals surface area contributed by atoms with Crippen LogP contribution in [-0.2, 0) is 6.54 Å². The number of benzene rings is 2. The maximum absolute atomic E-state index is 12.6. The summed E-state index contributed by atoms with van der Waals surface area (Å²) in [5.74, 6) is 0.711. The lowest BCUT2D eigenvalue weighted by atomic mass is 10.0. The van der Waals surface area contributed by atoms with E-state index in [2.05, 4.69) is 24.1 Å². The van der Waals surface area contributed by atoms with Gasteiger partial charge < -0.3 is 5.32 Å². The molecule has 7 heteroatoms. The van der Waals surface area contributed by atoms with Gasteiger partial charge in [0.05, 0.1) is 12.3 Å². The Hall–Kier alpha value is -3.16. The topological polar surface area (TPSA) is 64.0 Å². The largest absolute Gasteiger partial charge is 0.347 e. The Kier molecular flexibility index (Phi) is 7.42. The van der Waals surface area contributed by atoms with E-state index in [-0.39, 0.29) is 11.7 Å². The Bertz CT molecular complexity index is 1210. The number of nitrogens with zero attached hydrogens (tertiary/aromatic N) is 2. The van der Waals surface area contributed by atoms with Crippen LogP contribution in [0.3, 0.4) is 0 Å². The zero-order valence-electron chi connectivity index (χ0n) is 18.5. The zero-order valence-corrected chi connectivity index (χ0v) is 20.2. The molecule has 0 radical (unpaired) electrons. The second kappa shape index (κ2) is 10.6. The molecule has 0 bridgehead atoms. The maximum Gasteiger partial charge on any atom is 0.251 e. The predicted octanol–water partition coefficient (Wildman–Crippen LogP) is 5.96. The van der Waals surface area contributed by atoms with Crippen LogP contribution in [-0.4, -0.2) is 27.0 Å². The highest BCUT2D eigenvalue weighted by Gasteiger charge is 2.12. The van der Waals surface area contributed by atoms with Gasteiger partial charge in [-0.3, -0.25) is 14.2 Å². The van der Waals surface area contributed by atoms with Crippen LogP contribution in [0.2, 0.25) is 0 Å². The Labute approximate surface area is 201 Å². The summed E-state index contributed by atoms with van der Waals surface area (Å²) in [6.45, 7) is 4.79. The average Bonchev–Trinajstić information content (AvgIpc) is 3.53. The number of carbonyl (C=O) groups excluding carboxylic acids is 2. The average molecular weight is 476 g/mol. The van der Waals surface area contributed by atoms with Crippen LogP contribution in [0.5, 0.6) is 0 Å². The van der Waals surface area contributed by atoms with Gasteiger partial charge in [0, 0.05) is 34.1 Å². The Morgan fingerprint density at radius 2 is 1.76 bits per heavy atom.